The number of rotatable bonds is 1. The summed E-state index contributed by atoms with van der Waals surface area (Å²) in [5.74, 6) is 0. The van der Waals surface area contributed by atoms with Gasteiger partial charge < -0.3 is 9.80 Å². The average molecular weight is 179 g/mol. The van der Waals surface area contributed by atoms with Gasteiger partial charge in [0.2, 0.25) is 0 Å². The molecule has 1 aliphatic heterocycles. The minimum absolute atomic E-state index is 0. The molecule has 0 aromatic carbocycles. The Morgan fingerprint density at radius 3 is 2.00 bits per heavy atom. The molecule has 0 aromatic heterocycles. The number of hydrogen-bond donors (Lipinski definition) is 0. The van der Waals surface area contributed by atoms with E-state index in [1.807, 2.05) is 0 Å². The number of nitrogens with zero attached hydrogens (tertiary/aromatic N) is 2. The van der Waals surface area contributed by atoms with Gasteiger partial charge >= 0.3 is 0 Å². The van der Waals surface area contributed by atoms with E-state index in [4.69, 9.17) is 0 Å². The van der Waals surface area contributed by atoms with E-state index >= 15 is 0 Å². The normalized spacial score (nSPS) is 22.2. The van der Waals surface area contributed by atoms with Gasteiger partial charge in [-0.3, -0.25) is 0 Å². The smallest absolute Gasteiger partial charge is 0.0110 e. The molecule has 1 radical (unpaired) electrons. The Labute approximate surface area is 75.5 Å². The molecule has 1 saturated heterocycles. The monoisotopic (exact) mass is 179 g/mol. The van der Waals surface area contributed by atoms with Crippen molar-refractivity contribution in [1.29, 1.82) is 0 Å². The van der Waals surface area contributed by atoms with E-state index in [-0.39, 0.29) is 18.6 Å². The van der Waals surface area contributed by atoms with Gasteiger partial charge in [-0.25, -0.2) is 0 Å². The van der Waals surface area contributed by atoms with Crippen LogP contribution in [-0.4, -0.2) is 49.6 Å². The van der Waals surface area contributed by atoms with Crippen molar-refractivity contribution < 1.29 is 18.6 Å². The van der Waals surface area contributed by atoms with Gasteiger partial charge in [-0.15, -0.1) is 0 Å². The Balaban J connectivity index is 0.000000810. The Hall–Kier alpha value is 0.504. The second-order valence-corrected chi connectivity index (χ2v) is 2.74. The fraction of sp³-hybridized carbons (Fsp3) is 1.00. The summed E-state index contributed by atoms with van der Waals surface area (Å²) in [5, 5.41) is 0. The number of piperazine rings is 1. The zero-order valence-electron chi connectivity index (χ0n) is 6.88. The van der Waals surface area contributed by atoms with Gasteiger partial charge in [0.15, 0.2) is 0 Å². The maximum Gasteiger partial charge on any atom is 0.0110 e. The molecule has 0 bridgehead atoms. The Bertz CT molecular complexity index is 79.7. The SMILES string of the molecule is CCN1CCN(C)CC1.[V]. The molecule has 0 spiro atoms. The fourth-order valence-corrected chi connectivity index (χ4v) is 1.16. The minimum atomic E-state index is 0. The number of hydrogen-bond acceptors (Lipinski definition) is 2. The quantitative estimate of drug-likeness (QED) is 0.569. The largest absolute Gasteiger partial charge is 0.304 e. The molecular formula is C7H16N2V. The van der Waals surface area contributed by atoms with Crippen molar-refractivity contribution in [3.63, 3.8) is 0 Å². The Morgan fingerprint density at radius 1 is 1.10 bits per heavy atom. The molecular weight excluding hydrogens is 163 g/mol. The summed E-state index contributed by atoms with van der Waals surface area (Å²) < 4.78 is 0. The van der Waals surface area contributed by atoms with Crippen LogP contribution in [0.1, 0.15) is 6.92 Å². The topological polar surface area (TPSA) is 6.48 Å². The summed E-state index contributed by atoms with van der Waals surface area (Å²) in [6.45, 7) is 8.45. The first kappa shape index (κ1) is 10.5. The summed E-state index contributed by atoms with van der Waals surface area (Å²) in [5.41, 5.74) is 0. The Morgan fingerprint density at radius 2 is 1.60 bits per heavy atom. The first-order chi connectivity index (χ1) is 4.33. The van der Waals surface area contributed by atoms with Crippen molar-refractivity contribution in [1.82, 2.24) is 9.80 Å². The van der Waals surface area contributed by atoms with E-state index < -0.39 is 0 Å². The van der Waals surface area contributed by atoms with Crippen LogP contribution >= 0.6 is 0 Å². The van der Waals surface area contributed by atoms with Crippen LogP contribution in [0.5, 0.6) is 0 Å². The summed E-state index contributed by atoms with van der Waals surface area (Å²) in [7, 11) is 2.19. The van der Waals surface area contributed by atoms with Crippen LogP contribution in [0.15, 0.2) is 0 Å². The molecule has 3 heteroatoms. The van der Waals surface area contributed by atoms with E-state index in [9.17, 15) is 0 Å². The van der Waals surface area contributed by atoms with Crippen molar-refractivity contribution in [3.05, 3.63) is 0 Å². The maximum absolute atomic E-state index is 2.49. The third kappa shape index (κ3) is 3.06. The van der Waals surface area contributed by atoms with Crippen molar-refractivity contribution >= 4 is 0 Å². The van der Waals surface area contributed by atoms with E-state index in [2.05, 4.69) is 23.8 Å². The molecule has 59 valence electrons. The summed E-state index contributed by atoms with van der Waals surface area (Å²) >= 11 is 0. The molecule has 1 aliphatic rings. The zero-order valence-corrected chi connectivity index (χ0v) is 8.27. The van der Waals surface area contributed by atoms with Gasteiger partial charge in [0.05, 0.1) is 0 Å². The van der Waals surface area contributed by atoms with Crippen LogP contribution in [0, 0.1) is 0 Å². The molecule has 0 N–H and O–H groups in total. The van der Waals surface area contributed by atoms with Crippen molar-refractivity contribution in [2.24, 2.45) is 0 Å². The summed E-state index contributed by atoms with van der Waals surface area (Å²) in [6, 6.07) is 0. The second-order valence-electron chi connectivity index (χ2n) is 2.74. The van der Waals surface area contributed by atoms with Gasteiger partial charge in [0.1, 0.15) is 0 Å². The first-order valence-electron chi connectivity index (χ1n) is 3.74. The number of likely N-dealkylation sites (N-methyl/N-ethyl adjacent to an activating group) is 2. The van der Waals surface area contributed by atoms with E-state index in [1.165, 1.54) is 32.7 Å². The van der Waals surface area contributed by atoms with Gasteiger partial charge in [0, 0.05) is 44.7 Å². The van der Waals surface area contributed by atoms with Crippen molar-refractivity contribution in [3.8, 4) is 0 Å². The van der Waals surface area contributed by atoms with Crippen molar-refractivity contribution in [2.45, 2.75) is 6.92 Å². The third-order valence-electron chi connectivity index (χ3n) is 2.04. The molecule has 1 rings (SSSR count). The molecule has 2 nitrogen and oxygen atoms in total. The predicted molar refractivity (Wildman–Crippen MR) is 39.6 cm³/mol. The Kier molecular flexibility index (Phi) is 5.46. The molecule has 0 saturated carbocycles. The molecule has 10 heavy (non-hydrogen) atoms. The van der Waals surface area contributed by atoms with Crippen LogP contribution in [0.2, 0.25) is 0 Å². The van der Waals surface area contributed by atoms with Gasteiger partial charge in [-0.05, 0) is 13.6 Å². The van der Waals surface area contributed by atoms with Crippen LogP contribution in [0.25, 0.3) is 0 Å². The molecule has 1 fully saturated rings. The van der Waals surface area contributed by atoms with Crippen LogP contribution < -0.4 is 0 Å². The molecule has 0 aliphatic carbocycles. The van der Waals surface area contributed by atoms with E-state index in [1.54, 1.807) is 0 Å². The predicted octanol–water partition coefficient (Wildman–Crippen LogP) is 0.251. The second kappa shape index (κ2) is 5.19. The fourth-order valence-electron chi connectivity index (χ4n) is 1.16. The van der Waals surface area contributed by atoms with Crippen LogP contribution in [-0.2, 0) is 18.6 Å². The molecule has 0 atom stereocenters. The maximum atomic E-state index is 2.49. The molecule has 0 aromatic rings. The van der Waals surface area contributed by atoms with E-state index in [0.29, 0.717) is 0 Å². The van der Waals surface area contributed by atoms with Crippen molar-refractivity contribution in [2.75, 3.05) is 39.8 Å². The van der Waals surface area contributed by atoms with Gasteiger partial charge in [-0.1, -0.05) is 6.92 Å². The molecule has 0 unspecified atom stereocenters. The zero-order chi connectivity index (χ0) is 6.69. The molecule has 1 heterocycles. The average Bonchev–Trinajstić information content (AvgIpc) is 1.90. The minimum Gasteiger partial charge on any atom is -0.304 e. The first-order valence-corrected chi connectivity index (χ1v) is 3.74. The third-order valence-corrected chi connectivity index (χ3v) is 2.04. The van der Waals surface area contributed by atoms with Gasteiger partial charge in [0.25, 0.3) is 0 Å². The summed E-state index contributed by atoms with van der Waals surface area (Å²) in [6.07, 6.45) is 0. The standard InChI is InChI=1S/C7H16N2.V/c1-3-9-6-4-8(2)5-7-9;/h3-7H2,1-2H3;. The van der Waals surface area contributed by atoms with Gasteiger partial charge in [-0.2, -0.15) is 0 Å². The van der Waals surface area contributed by atoms with Crippen LogP contribution in [0.3, 0.4) is 0 Å². The molecule has 0 amide bonds. The van der Waals surface area contributed by atoms with Crippen LogP contribution in [0.4, 0.5) is 0 Å². The van der Waals surface area contributed by atoms with E-state index in [0.717, 1.165) is 0 Å². The summed E-state index contributed by atoms with van der Waals surface area (Å²) in [4.78, 5) is 4.87.